The summed E-state index contributed by atoms with van der Waals surface area (Å²) in [5.74, 6) is 0.0871. The van der Waals surface area contributed by atoms with E-state index in [0.717, 1.165) is 42.9 Å². The van der Waals surface area contributed by atoms with Gasteiger partial charge < -0.3 is 16.0 Å². The Morgan fingerprint density at radius 3 is 2.26 bits per heavy atom. The molecule has 4 rings (SSSR count). The zero-order chi connectivity index (χ0) is 21.8. The average Bonchev–Trinajstić information content (AvgIpc) is 2.84. The van der Waals surface area contributed by atoms with E-state index in [4.69, 9.17) is 18.0 Å². The van der Waals surface area contributed by atoms with Gasteiger partial charge in [-0.3, -0.25) is 9.97 Å². The first kappa shape index (κ1) is 20.8. The van der Waals surface area contributed by atoms with E-state index in [1.54, 1.807) is 30.9 Å². The van der Waals surface area contributed by atoms with Crippen LogP contribution < -0.4 is 11.1 Å². The second-order valence-corrected chi connectivity index (χ2v) is 8.29. The van der Waals surface area contributed by atoms with Gasteiger partial charge in [-0.15, -0.1) is 0 Å². The van der Waals surface area contributed by atoms with Crippen LogP contribution in [0.25, 0.3) is 0 Å². The summed E-state index contributed by atoms with van der Waals surface area (Å²) in [6, 6.07) is 11.6. The van der Waals surface area contributed by atoms with Crippen molar-refractivity contribution in [3.63, 3.8) is 0 Å². The van der Waals surface area contributed by atoms with Gasteiger partial charge in [-0.25, -0.2) is 0 Å². The standard InChI is InChI=1S/C23H23N7S/c24-12-18-19(16-6-4-8-27-13-16)23(15-25,22(26)31)20(17-7-5-9-28-14-17)29-21(18)30-10-2-1-3-11-30/h4-9,13-14,19-20,29H,1-3,10-11H2,(H2,26,31). The van der Waals surface area contributed by atoms with Crippen LogP contribution in [0.5, 0.6) is 0 Å². The Bertz CT molecular complexity index is 1060. The van der Waals surface area contributed by atoms with Gasteiger partial charge in [0.1, 0.15) is 11.2 Å². The highest BCUT2D eigenvalue weighted by atomic mass is 32.1. The maximum atomic E-state index is 10.5. The van der Waals surface area contributed by atoms with Crippen LogP contribution in [0.2, 0.25) is 0 Å². The number of pyridine rings is 2. The second-order valence-electron chi connectivity index (χ2n) is 7.85. The van der Waals surface area contributed by atoms with Gasteiger partial charge in [-0.05, 0) is 42.5 Å². The first-order valence-corrected chi connectivity index (χ1v) is 10.7. The van der Waals surface area contributed by atoms with E-state index in [9.17, 15) is 10.5 Å². The first-order valence-electron chi connectivity index (χ1n) is 10.3. The monoisotopic (exact) mass is 429 g/mol. The zero-order valence-corrected chi connectivity index (χ0v) is 17.8. The Morgan fingerprint density at radius 2 is 1.74 bits per heavy atom. The number of nitrogens with zero attached hydrogens (tertiary/aromatic N) is 5. The molecule has 1 fully saturated rings. The third kappa shape index (κ3) is 3.49. The number of aromatic nitrogens is 2. The Kier molecular flexibility index (Phi) is 5.83. The third-order valence-corrected chi connectivity index (χ3v) is 6.49. The highest BCUT2D eigenvalue weighted by Gasteiger charge is 2.56. The van der Waals surface area contributed by atoms with Crippen molar-refractivity contribution >= 4 is 17.2 Å². The summed E-state index contributed by atoms with van der Waals surface area (Å²) in [7, 11) is 0. The van der Waals surface area contributed by atoms with Crippen molar-refractivity contribution < 1.29 is 0 Å². The molecule has 2 aliphatic rings. The van der Waals surface area contributed by atoms with E-state index < -0.39 is 17.4 Å². The van der Waals surface area contributed by atoms with Gasteiger partial charge in [-0.2, -0.15) is 10.5 Å². The molecule has 0 aromatic carbocycles. The quantitative estimate of drug-likeness (QED) is 0.713. The molecular weight excluding hydrogens is 406 g/mol. The fourth-order valence-electron chi connectivity index (χ4n) is 4.69. The number of hydrogen-bond donors (Lipinski definition) is 2. The lowest BCUT2D eigenvalue weighted by molar-refractivity contribution is 0.216. The predicted octanol–water partition coefficient (Wildman–Crippen LogP) is 2.92. The predicted molar refractivity (Wildman–Crippen MR) is 120 cm³/mol. The van der Waals surface area contributed by atoms with Crippen LogP contribution in [-0.4, -0.2) is 32.9 Å². The molecular formula is C23H23N7S. The number of nitrogens with one attached hydrogen (secondary N) is 1. The van der Waals surface area contributed by atoms with Crippen molar-refractivity contribution in [2.24, 2.45) is 11.1 Å². The molecule has 2 aromatic heterocycles. The van der Waals surface area contributed by atoms with Crippen LogP contribution >= 0.6 is 12.2 Å². The normalized spacial score (nSPS) is 25.8. The van der Waals surface area contributed by atoms with E-state index in [1.807, 2.05) is 18.2 Å². The molecule has 3 unspecified atom stereocenters. The molecule has 0 amide bonds. The molecule has 2 aromatic rings. The van der Waals surface area contributed by atoms with E-state index in [1.165, 1.54) is 6.42 Å². The molecule has 0 radical (unpaired) electrons. The van der Waals surface area contributed by atoms with Crippen LogP contribution in [0.3, 0.4) is 0 Å². The van der Waals surface area contributed by atoms with E-state index >= 15 is 0 Å². The minimum atomic E-state index is -1.37. The van der Waals surface area contributed by atoms with Gasteiger partial charge in [0.25, 0.3) is 0 Å². The van der Waals surface area contributed by atoms with Gasteiger partial charge in [0.05, 0.1) is 34.7 Å². The summed E-state index contributed by atoms with van der Waals surface area (Å²) < 4.78 is 0. The summed E-state index contributed by atoms with van der Waals surface area (Å²) in [5.41, 5.74) is 6.91. The molecule has 156 valence electrons. The van der Waals surface area contributed by atoms with Crippen molar-refractivity contribution in [3.8, 4) is 12.1 Å². The smallest absolute Gasteiger partial charge is 0.143 e. The van der Waals surface area contributed by atoms with Crippen LogP contribution in [0, 0.1) is 28.1 Å². The second kappa shape index (κ2) is 8.71. The highest BCUT2D eigenvalue weighted by Crippen LogP contribution is 2.53. The summed E-state index contributed by atoms with van der Waals surface area (Å²) in [6.45, 7) is 1.69. The average molecular weight is 430 g/mol. The lowest BCUT2D eigenvalue weighted by Gasteiger charge is -2.48. The minimum absolute atomic E-state index is 0.0376. The fourth-order valence-corrected chi connectivity index (χ4v) is 4.98. The molecule has 2 aliphatic heterocycles. The number of allylic oxidation sites excluding steroid dienone is 1. The number of nitriles is 2. The molecule has 0 bridgehead atoms. The molecule has 8 heteroatoms. The van der Waals surface area contributed by atoms with E-state index in [2.05, 4.69) is 32.3 Å². The number of nitrogens with two attached hydrogens (primary N) is 1. The van der Waals surface area contributed by atoms with Crippen molar-refractivity contribution in [3.05, 3.63) is 71.6 Å². The molecule has 31 heavy (non-hydrogen) atoms. The molecule has 0 spiro atoms. The molecule has 3 atom stereocenters. The van der Waals surface area contributed by atoms with Crippen LogP contribution in [0.15, 0.2) is 60.4 Å². The molecule has 1 saturated heterocycles. The Hall–Kier alpha value is -3.49. The largest absolute Gasteiger partial charge is 0.392 e. The zero-order valence-electron chi connectivity index (χ0n) is 17.0. The number of hydrogen-bond acceptors (Lipinski definition) is 7. The van der Waals surface area contributed by atoms with Crippen molar-refractivity contribution in [2.45, 2.75) is 31.2 Å². The lowest BCUT2D eigenvalue weighted by Crippen LogP contribution is -2.55. The lowest BCUT2D eigenvalue weighted by atomic mass is 9.62. The molecule has 0 aliphatic carbocycles. The number of piperidine rings is 1. The number of thiocarbonyl (C=S) groups is 1. The Balaban J connectivity index is 2.01. The summed E-state index contributed by atoms with van der Waals surface area (Å²) in [4.78, 5) is 10.7. The van der Waals surface area contributed by atoms with Gasteiger partial charge in [-0.1, -0.05) is 24.4 Å². The third-order valence-electron chi connectivity index (χ3n) is 6.16. The summed E-state index contributed by atoms with van der Waals surface area (Å²) in [5, 5.41) is 24.3. The fraction of sp³-hybridized carbons (Fsp3) is 0.348. The maximum absolute atomic E-state index is 10.5. The number of likely N-dealkylation sites (tertiary alicyclic amines) is 1. The summed E-state index contributed by atoms with van der Waals surface area (Å²) in [6.07, 6.45) is 10.0. The summed E-state index contributed by atoms with van der Waals surface area (Å²) >= 11 is 5.51. The van der Waals surface area contributed by atoms with Gasteiger partial charge >= 0.3 is 0 Å². The Labute approximate surface area is 187 Å². The van der Waals surface area contributed by atoms with Gasteiger partial charge in [0.2, 0.25) is 0 Å². The number of rotatable bonds is 4. The Morgan fingerprint density at radius 1 is 1.10 bits per heavy atom. The van der Waals surface area contributed by atoms with Crippen LogP contribution in [0.1, 0.15) is 42.3 Å². The molecule has 0 saturated carbocycles. The SMILES string of the molecule is N#CC1=C(N2CCCCC2)NC(c2cccnc2)C(C#N)(C(N)=S)C1c1cccnc1. The van der Waals surface area contributed by atoms with Crippen LogP contribution in [0.4, 0.5) is 0 Å². The highest BCUT2D eigenvalue weighted by molar-refractivity contribution is 7.80. The minimum Gasteiger partial charge on any atom is -0.392 e. The first-order chi connectivity index (χ1) is 15.1. The topological polar surface area (TPSA) is 115 Å². The van der Waals surface area contributed by atoms with E-state index in [0.29, 0.717) is 5.57 Å². The van der Waals surface area contributed by atoms with Gasteiger partial charge in [0.15, 0.2) is 0 Å². The van der Waals surface area contributed by atoms with Crippen molar-refractivity contribution in [1.82, 2.24) is 20.2 Å². The van der Waals surface area contributed by atoms with Crippen molar-refractivity contribution in [2.75, 3.05) is 13.1 Å². The molecule has 4 heterocycles. The van der Waals surface area contributed by atoms with Crippen molar-refractivity contribution in [1.29, 1.82) is 10.5 Å². The van der Waals surface area contributed by atoms with E-state index in [-0.39, 0.29) is 4.99 Å². The van der Waals surface area contributed by atoms with Gasteiger partial charge in [0, 0.05) is 37.9 Å². The maximum Gasteiger partial charge on any atom is 0.143 e. The molecule has 3 N–H and O–H groups in total. The molecule has 7 nitrogen and oxygen atoms in total. The van der Waals surface area contributed by atoms with Crippen LogP contribution in [-0.2, 0) is 0 Å².